The van der Waals surface area contributed by atoms with Crippen LogP contribution in [0, 0.1) is 18.8 Å². The summed E-state index contributed by atoms with van der Waals surface area (Å²) in [4.78, 5) is 38.6. The number of ether oxygens (including phenoxy) is 1. The summed E-state index contributed by atoms with van der Waals surface area (Å²) in [6.07, 6.45) is 2.03. The SMILES string of the molecule is CCc1c(C(=O)NN2C(=O)[C@@H]3[C@@H](C2=O)[C@@H]2CC[C@@H]3O2)csc1C. The maximum Gasteiger partial charge on any atom is 0.271 e. The molecule has 0 spiro atoms. The topological polar surface area (TPSA) is 75.7 Å². The highest BCUT2D eigenvalue weighted by Gasteiger charge is 2.62. The molecular formula is C16H18N2O4S. The molecule has 3 fully saturated rings. The first-order valence-corrected chi connectivity index (χ1v) is 8.82. The van der Waals surface area contributed by atoms with E-state index in [0.717, 1.165) is 34.7 Å². The molecule has 4 rings (SSSR count). The van der Waals surface area contributed by atoms with Crippen LogP contribution in [0.3, 0.4) is 0 Å². The molecule has 0 radical (unpaired) electrons. The molecule has 122 valence electrons. The molecule has 6 nitrogen and oxygen atoms in total. The second kappa shape index (κ2) is 5.14. The number of carbonyl (C=O) groups is 3. The monoisotopic (exact) mass is 334 g/mol. The van der Waals surface area contributed by atoms with Gasteiger partial charge in [-0.2, -0.15) is 5.01 Å². The summed E-state index contributed by atoms with van der Waals surface area (Å²) in [6.45, 7) is 3.95. The van der Waals surface area contributed by atoms with E-state index in [9.17, 15) is 14.4 Å². The number of hydrogen-bond donors (Lipinski definition) is 1. The number of nitrogens with one attached hydrogen (secondary N) is 1. The first kappa shape index (κ1) is 14.8. The van der Waals surface area contributed by atoms with Gasteiger partial charge >= 0.3 is 0 Å². The van der Waals surface area contributed by atoms with Crippen LogP contribution in [-0.2, 0) is 20.7 Å². The van der Waals surface area contributed by atoms with Crippen LogP contribution in [0.1, 0.15) is 40.6 Å². The third-order valence-corrected chi connectivity index (χ3v) is 6.15. The van der Waals surface area contributed by atoms with Crippen molar-refractivity contribution >= 4 is 29.1 Å². The smallest absolute Gasteiger partial charge is 0.271 e. The van der Waals surface area contributed by atoms with E-state index in [1.807, 2.05) is 13.8 Å². The highest BCUT2D eigenvalue weighted by molar-refractivity contribution is 7.10. The van der Waals surface area contributed by atoms with E-state index in [0.29, 0.717) is 5.56 Å². The molecule has 3 aliphatic heterocycles. The largest absolute Gasteiger partial charge is 0.373 e. The number of rotatable bonds is 3. The van der Waals surface area contributed by atoms with E-state index < -0.39 is 11.8 Å². The van der Waals surface area contributed by atoms with Crippen molar-refractivity contribution in [3.05, 3.63) is 21.4 Å². The van der Waals surface area contributed by atoms with Crippen LogP contribution in [0.4, 0.5) is 0 Å². The molecule has 0 unspecified atom stereocenters. The molecule has 23 heavy (non-hydrogen) atoms. The van der Waals surface area contributed by atoms with Gasteiger partial charge in [-0.15, -0.1) is 11.3 Å². The van der Waals surface area contributed by atoms with Gasteiger partial charge in [0.2, 0.25) is 0 Å². The number of imide groups is 1. The van der Waals surface area contributed by atoms with Crippen LogP contribution in [-0.4, -0.2) is 34.9 Å². The zero-order valence-electron chi connectivity index (χ0n) is 13.0. The van der Waals surface area contributed by atoms with Gasteiger partial charge in [0.1, 0.15) is 0 Å². The van der Waals surface area contributed by atoms with Gasteiger partial charge in [0, 0.05) is 10.3 Å². The van der Waals surface area contributed by atoms with Crippen LogP contribution < -0.4 is 5.43 Å². The highest BCUT2D eigenvalue weighted by atomic mass is 32.1. The fourth-order valence-corrected chi connectivity index (χ4v) is 5.03. The highest BCUT2D eigenvalue weighted by Crippen LogP contribution is 2.48. The molecule has 3 aliphatic rings. The van der Waals surface area contributed by atoms with Crippen LogP contribution in [0.5, 0.6) is 0 Å². The molecule has 0 saturated carbocycles. The summed E-state index contributed by atoms with van der Waals surface area (Å²) < 4.78 is 5.68. The summed E-state index contributed by atoms with van der Waals surface area (Å²) in [5.41, 5.74) is 4.04. The van der Waals surface area contributed by atoms with Crippen molar-refractivity contribution in [1.29, 1.82) is 0 Å². The van der Waals surface area contributed by atoms with Crippen LogP contribution in [0.2, 0.25) is 0 Å². The van der Waals surface area contributed by atoms with E-state index in [4.69, 9.17) is 4.74 Å². The Morgan fingerprint density at radius 2 is 1.91 bits per heavy atom. The molecule has 4 atom stereocenters. The maximum atomic E-state index is 12.5. The first-order valence-electron chi connectivity index (χ1n) is 7.94. The Balaban J connectivity index is 1.56. The van der Waals surface area contributed by atoms with Crippen LogP contribution in [0.25, 0.3) is 0 Å². The van der Waals surface area contributed by atoms with Gasteiger partial charge in [0.05, 0.1) is 29.6 Å². The Morgan fingerprint density at radius 3 is 2.48 bits per heavy atom. The summed E-state index contributed by atoms with van der Waals surface area (Å²) >= 11 is 1.50. The molecule has 2 bridgehead atoms. The van der Waals surface area contributed by atoms with Gasteiger partial charge in [-0.1, -0.05) is 6.92 Å². The molecule has 0 aromatic carbocycles. The van der Waals surface area contributed by atoms with Crippen molar-refractivity contribution in [3.8, 4) is 0 Å². The Labute approximate surface area is 137 Å². The predicted octanol–water partition coefficient (Wildman–Crippen LogP) is 1.43. The molecule has 4 heterocycles. The van der Waals surface area contributed by atoms with Gasteiger partial charge in [-0.3, -0.25) is 19.8 Å². The Bertz CT molecular complexity index is 685. The fraction of sp³-hybridized carbons (Fsp3) is 0.562. The average molecular weight is 334 g/mol. The summed E-state index contributed by atoms with van der Waals surface area (Å²) in [5, 5.41) is 2.71. The molecular weight excluding hydrogens is 316 g/mol. The summed E-state index contributed by atoms with van der Waals surface area (Å²) in [6, 6.07) is 0. The van der Waals surface area contributed by atoms with Crippen LogP contribution in [0.15, 0.2) is 5.38 Å². The Kier molecular flexibility index (Phi) is 3.32. The molecule has 3 amide bonds. The number of fused-ring (bicyclic) bond motifs is 5. The number of carbonyl (C=O) groups excluding carboxylic acids is 3. The number of nitrogens with zero attached hydrogens (tertiary/aromatic N) is 1. The molecule has 1 aromatic heterocycles. The quantitative estimate of drug-likeness (QED) is 0.849. The van der Waals surface area contributed by atoms with Gasteiger partial charge in [-0.05, 0) is 31.7 Å². The van der Waals surface area contributed by atoms with E-state index in [-0.39, 0.29) is 29.9 Å². The predicted molar refractivity (Wildman–Crippen MR) is 82.6 cm³/mol. The van der Waals surface area contributed by atoms with Crippen LogP contribution >= 0.6 is 11.3 Å². The second-order valence-electron chi connectivity index (χ2n) is 6.33. The molecule has 1 N–H and O–H groups in total. The molecule has 1 aromatic rings. The van der Waals surface area contributed by atoms with Gasteiger partial charge in [0.25, 0.3) is 17.7 Å². The maximum absolute atomic E-state index is 12.5. The molecule has 0 aliphatic carbocycles. The normalized spacial score (nSPS) is 31.8. The van der Waals surface area contributed by atoms with Crippen molar-refractivity contribution < 1.29 is 19.1 Å². The van der Waals surface area contributed by atoms with Crippen molar-refractivity contribution in [3.63, 3.8) is 0 Å². The van der Waals surface area contributed by atoms with E-state index in [1.165, 1.54) is 11.3 Å². The summed E-state index contributed by atoms with van der Waals surface area (Å²) in [7, 11) is 0. The summed E-state index contributed by atoms with van der Waals surface area (Å²) in [5.74, 6) is -1.88. The van der Waals surface area contributed by atoms with Gasteiger partial charge < -0.3 is 4.74 Å². The van der Waals surface area contributed by atoms with E-state index in [1.54, 1.807) is 5.38 Å². The fourth-order valence-electron chi connectivity index (χ4n) is 4.09. The standard InChI is InChI=1S/C16H18N2O4S/c1-3-8-7(2)23-6-9(8)14(19)17-18-15(20)12-10-4-5-11(22-10)13(12)16(18)21/h6,10-13H,3-5H2,1-2H3,(H,17,19)/t10-,11-,12-,13-/m0/s1. The number of thiophene rings is 1. The lowest BCUT2D eigenvalue weighted by atomic mass is 9.81. The van der Waals surface area contributed by atoms with Gasteiger partial charge in [0.15, 0.2) is 0 Å². The zero-order valence-corrected chi connectivity index (χ0v) is 13.8. The lowest BCUT2D eigenvalue weighted by Crippen LogP contribution is -2.48. The second-order valence-corrected chi connectivity index (χ2v) is 7.42. The molecule has 3 saturated heterocycles. The lowest BCUT2D eigenvalue weighted by molar-refractivity contribution is -0.145. The third-order valence-electron chi connectivity index (χ3n) is 5.20. The minimum absolute atomic E-state index is 0.169. The number of hydrazine groups is 1. The van der Waals surface area contributed by atoms with E-state index >= 15 is 0 Å². The van der Waals surface area contributed by atoms with Crippen molar-refractivity contribution in [1.82, 2.24) is 10.4 Å². The zero-order chi connectivity index (χ0) is 16.3. The van der Waals surface area contributed by atoms with Crippen molar-refractivity contribution in [2.45, 2.75) is 45.3 Å². The minimum atomic E-state index is -0.420. The van der Waals surface area contributed by atoms with E-state index in [2.05, 4.69) is 5.43 Å². The number of aryl methyl sites for hydroxylation is 1. The number of hydrogen-bond acceptors (Lipinski definition) is 5. The third kappa shape index (κ3) is 1.99. The van der Waals surface area contributed by atoms with Crippen molar-refractivity contribution in [2.75, 3.05) is 0 Å². The lowest BCUT2D eigenvalue weighted by Gasteiger charge is -2.18. The van der Waals surface area contributed by atoms with Gasteiger partial charge in [-0.25, -0.2) is 0 Å². The number of amides is 3. The Hall–Kier alpha value is -1.73. The minimum Gasteiger partial charge on any atom is -0.373 e. The van der Waals surface area contributed by atoms with Crippen molar-refractivity contribution in [2.24, 2.45) is 11.8 Å². The first-order chi connectivity index (χ1) is 11.0. The Morgan fingerprint density at radius 1 is 1.30 bits per heavy atom. The average Bonchev–Trinajstić information content (AvgIpc) is 3.27. The molecule has 7 heteroatoms.